The molecule has 3 heteroatoms. The van der Waals surface area contributed by atoms with Gasteiger partial charge in [-0.05, 0) is 43.4 Å². The van der Waals surface area contributed by atoms with Crippen LogP contribution in [0.1, 0.15) is 19.3 Å². The highest BCUT2D eigenvalue weighted by Gasteiger charge is 2.26. The molecule has 0 amide bonds. The molecule has 15 heavy (non-hydrogen) atoms. The molecule has 1 aliphatic rings. The highest BCUT2D eigenvalue weighted by atomic mass is 16.5. The molecule has 1 aromatic rings. The van der Waals surface area contributed by atoms with Crippen molar-refractivity contribution in [3.05, 3.63) is 24.5 Å². The lowest BCUT2D eigenvalue weighted by Crippen LogP contribution is -2.23. The van der Waals surface area contributed by atoms with Crippen LogP contribution in [0.5, 0.6) is 5.75 Å². The van der Waals surface area contributed by atoms with Crippen molar-refractivity contribution in [2.24, 2.45) is 17.6 Å². The molecule has 1 fully saturated rings. The second kappa shape index (κ2) is 5.12. The number of aromatic nitrogens is 1. The molecule has 82 valence electrons. The zero-order valence-corrected chi connectivity index (χ0v) is 8.93. The van der Waals surface area contributed by atoms with Crippen molar-refractivity contribution >= 4 is 0 Å². The van der Waals surface area contributed by atoms with Gasteiger partial charge >= 0.3 is 0 Å². The first-order valence-corrected chi connectivity index (χ1v) is 5.63. The lowest BCUT2D eigenvalue weighted by molar-refractivity contribution is 0.217. The van der Waals surface area contributed by atoms with Crippen molar-refractivity contribution in [2.75, 3.05) is 13.2 Å². The van der Waals surface area contributed by atoms with E-state index >= 15 is 0 Å². The van der Waals surface area contributed by atoms with Gasteiger partial charge in [-0.1, -0.05) is 6.42 Å². The molecule has 0 bridgehead atoms. The standard InChI is InChI=1S/C12H18N2O/c13-8-10-2-1-3-11(10)9-15-12-4-6-14-7-5-12/h4-7,10-11H,1-3,8-9,13H2. The Hall–Kier alpha value is -1.09. The van der Waals surface area contributed by atoms with Crippen LogP contribution in [-0.2, 0) is 0 Å². The van der Waals surface area contributed by atoms with Crippen LogP contribution < -0.4 is 10.5 Å². The van der Waals surface area contributed by atoms with E-state index in [4.69, 9.17) is 10.5 Å². The van der Waals surface area contributed by atoms with Crippen LogP contribution in [0.15, 0.2) is 24.5 Å². The van der Waals surface area contributed by atoms with E-state index < -0.39 is 0 Å². The maximum atomic E-state index is 5.73. The van der Waals surface area contributed by atoms with Crippen molar-refractivity contribution in [2.45, 2.75) is 19.3 Å². The molecule has 0 radical (unpaired) electrons. The molecular formula is C12H18N2O. The minimum Gasteiger partial charge on any atom is -0.493 e. The van der Waals surface area contributed by atoms with Crippen LogP contribution in [0, 0.1) is 11.8 Å². The minimum atomic E-state index is 0.642. The normalized spacial score (nSPS) is 25.4. The zero-order valence-electron chi connectivity index (χ0n) is 8.93. The zero-order chi connectivity index (χ0) is 10.5. The van der Waals surface area contributed by atoms with E-state index in [1.54, 1.807) is 12.4 Å². The molecule has 2 N–H and O–H groups in total. The summed E-state index contributed by atoms with van der Waals surface area (Å²) < 4.78 is 5.73. The van der Waals surface area contributed by atoms with E-state index in [0.717, 1.165) is 18.9 Å². The number of nitrogens with two attached hydrogens (primary N) is 1. The second-order valence-electron chi connectivity index (χ2n) is 4.18. The fourth-order valence-corrected chi connectivity index (χ4v) is 2.28. The molecule has 0 aromatic carbocycles. The molecule has 1 heterocycles. The van der Waals surface area contributed by atoms with E-state index in [1.807, 2.05) is 12.1 Å². The quantitative estimate of drug-likeness (QED) is 0.817. The number of ether oxygens (including phenoxy) is 1. The van der Waals surface area contributed by atoms with Crippen LogP contribution in [0.4, 0.5) is 0 Å². The summed E-state index contributed by atoms with van der Waals surface area (Å²) >= 11 is 0. The van der Waals surface area contributed by atoms with E-state index in [-0.39, 0.29) is 0 Å². The van der Waals surface area contributed by atoms with Crippen LogP contribution in [0.2, 0.25) is 0 Å². The first kappa shape index (κ1) is 10.4. The third kappa shape index (κ3) is 2.69. The van der Waals surface area contributed by atoms with Gasteiger partial charge in [0.05, 0.1) is 6.61 Å². The van der Waals surface area contributed by atoms with Crippen LogP contribution in [0.3, 0.4) is 0 Å². The van der Waals surface area contributed by atoms with Gasteiger partial charge in [-0.2, -0.15) is 0 Å². The van der Waals surface area contributed by atoms with Gasteiger partial charge in [0.25, 0.3) is 0 Å². The fourth-order valence-electron chi connectivity index (χ4n) is 2.28. The Balaban J connectivity index is 1.83. The van der Waals surface area contributed by atoms with Crippen molar-refractivity contribution in [1.82, 2.24) is 4.98 Å². The van der Waals surface area contributed by atoms with E-state index in [1.165, 1.54) is 19.3 Å². The summed E-state index contributed by atoms with van der Waals surface area (Å²) in [5.41, 5.74) is 5.73. The number of rotatable bonds is 4. The lowest BCUT2D eigenvalue weighted by atomic mass is 9.97. The van der Waals surface area contributed by atoms with Gasteiger partial charge in [0, 0.05) is 12.4 Å². The summed E-state index contributed by atoms with van der Waals surface area (Å²) in [7, 11) is 0. The maximum absolute atomic E-state index is 5.73. The van der Waals surface area contributed by atoms with Gasteiger partial charge in [0.2, 0.25) is 0 Å². The topological polar surface area (TPSA) is 48.1 Å². The summed E-state index contributed by atoms with van der Waals surface area (Å²) in [5.74, 6) is 2.21. The Bertz CT molecular complexity index is 289. The van der Waals surface area contributed by atoms with Gasteiger partial charge in [0.15, 0.2) is 0 Å². The second-order valence-corrected chi connectivity index (χ2v) is 4.18. The smallest absolute Gasteiger partial charge is 0.122 e. The summed E-state index contributed by atoms with van der Waals surface area (Å²) in [6, 6.07) is 3.79. The van der Waals surface area contributed by atoms with Gasteiger partial charge in [-0.15, -0.1) is 0 Å². The Morgan fingerprint density at radius 1 is 1.27 bits per heavy atom. The van der Waals surface area contributed by atoms with E-state index in [9.17, 15) is 0 Å². The van der Waals surface area contributed by atoms with Gasteiger partial charge in [-0.3, -0.25) is 4.98 Å². The van der Waals surface area contributed by atoms with E-state index in [2.05, 4.69) is 4.98 Å². The van der Waals surface area contributed by atoms with Crippen molar-refractivity contribution in [3.8, 4) is 5.75 Å². The minimum absolute atomic E-state index is 0.642. The first-order valence-electron chi connectivity index (χ1n) is 5.63. The molecule has 0 spiro atoms. The molecular weight excluding hydrogens is 188 g/mol. The number of pyridine rings is 1. The average Bonchev–Trinajstić information content (AvgIpc) is 2.75. The van der Waals surface area contributed by atoms with Gasteiger partial charge < -0.3 is 10.5 Å². The molecule has 0 saturated heterocycles. The van der Waals surface area contributed by atoms with Crippen molar-refractivity contribution < 1.29 is 4.74 Å². The van der Waals surface area contributed by atoms with Gasteiger partial charge in [-0.25, -0.2) is 0 Å². The Labute approximate surface area is 90.7 Å². The summed E-state index contributed by atoms with van der Waals surface area (Å²) in [4.78, 5) is 3.96. The summed E-state index contributed by atoms with van der Waals surface area (Å²) in [5, 5.41) is 0. The average molecular weight is 206 g/mol. The number of nitrogens with zero attached hydrogens (tertiary/aromatic N) is 1. The monoisotopic (exact) mass is 206 g/mol. The summed E-state index contributed by atoms with van der Waals surface area (Å²) in [6.07, 6.45) is 7.33. The predicted molar refractivity (Wildman–Crippen MR) is 59.6 cm³/mol. The molecule has 1 saturated carbocycles. The fraction of sp³-hybridized carbons (Fsp3) is 0.583. The lowest BCUT2D eigenvalue weighted by Gasteiger charge is -2.18. The third-order valence-corrected chi connectivity index (χ3v) is 3.23. The molecule has 2 rings (SSSR count). The first-order chi connectivity index (χ1) is 7.40. The number of hydrogen-bond donors (Lipinski definition) is 1. The predicted octanol–water partition coefficient (Wildman–Crippen LogP) is 1.84. The molecule has 2 unspecified atom stereocenters. The molecule has 1 aromatic heterocycles. The van der Waals surface area contributed by atoms with Gasteiger partial charge in [0.1, 0.15) is 5.75 Å². The highest BCUT2D eigenvalue weighted by Crippen LogP contribution is 2.31. The molecule has 1 aliphatic carbocycles. The third-order valence-electron chi connectivity index (χ3n) is 3.23. The highest BCUT2D eigenvalue weighted by molar-refractivity contribution is 5.16. The van der Waals surface area contributed by atoms with E-state index in [0.29, 0.717) is 11.8 Å². The Kier molecular flexibility index (Phi) is 3.56. The van der Waals surface area contributed by atoms with Crippen molar-refractivity contribution in [1.29, 1.82) is 0 Å². The molecule has 0 aliphatic heterocycles. The molecule has 3 nitrogen and oxygen atoms in total. The largest absolute Gasteiger partial charge is 0.493 e. The maximum Gasteiger partial charge on any atom is 0.122 e. The Morgan fingerprint density at radius 2 is 2.00 bits per heavy atom. The van der Waals surface area contributed by atoms with Crippen LogP contribution >= 0.6 is 0 Å². The molecule has 2 atom stereocenters. The Morgan fingerprint density at radius 3 is 2.73 bits per heavy atom. The SMILES string of the molecule is NCC1CCCC1COc1ccncc1. The number of hydrogen-bond acceptors (Lipinski definition) is 3. The van der Waals surface area contributed by atoms with Crippen molar-refractivity contribution in [3.63, 3.8) is 0 Å². The summed E-state index contributed by atoms with van der Waals surface area (Å²) in [6.45, 7) is 1.59. The van der Waals surface area contributed by atoms with Crippen LogP contribution in [0.25, 0.3) is 0 Å². The van der Waals surface area contributed by atoms with Crippen LogP contribution in [-0.4, -0.2) is 18.1 Å².